The Hall–Kier alpha value is -0.870. The maximum absolute atomic E-state index is 11.7. The highest BCUT2D eigenvalue weighted by Gasteiger charge is 2.21. The highest BCUT2D eigenvalue weighted by Crippen LogP contribution is 2.29. The van der Waals surface area contributed by atoms with Crippen LogP contribution in [0.25, 0.3) is 0 Å². The van der Waals surface area contributed by atoms with Crippen LogP contribution in [-0.2, 0) is 9.53 Å². The Morgan fingerprint density at radius 2 is 2.12 bits per heavy atom. The first-order chi connectivity index (χ1) is 7.97. The number of ether oxygens (including phenoxy) is 1. The van der Waals surface area contributed by atoms with Crippen molar-refractivity contribution in [1.82, 2.24) is 0 Å². The molecule has 1 atom stereocenters. The molecule has 1 rings (SSSR count). The molecule has 5 heteroatoms. The van der Waals surface area contributed by atoms with Gasteiger partial charge in [-0.15, -0.1) is 0 Å². The fraction of sp³-hybridized carbons (Fsp3) is 0.333. The number of hydrogen-bond acceptors (Lipinski definition) is 3. The van der Waals surface area contributed by atoms with Gasteiger partial charge in [0.15, 0.2) is 0 Å². The number of halogens is 2. The number of rotatable bonds is 4. The first-order valence-corrected chi connectivity index (χ1v) is 6.37. The van der Waals surface area contributed by atoms with E-state index in [-0.39, 0.29) is 12.4 Å². The predicted octanol–water partition coefficient (Wildman–Crippen LogP) is 3.54. The molecule has 0 bridgehead atoms. The molecule has 0 aromatic heterocycles. The number of hydrogen-bond donors (Lipinski definition) is 0. The smallest absolute Gasteiger partial charge is 0.338 e. The molecule has 1 aromatic carbocycles. The maximum Gasteiger partial charge on any atom is 0.338 e. The highest BCUT2D eigenvalue weighted by molar-refractivity contribution is 9.09. The lowest BCUT2D eigenvalue weighted by molar-refractivity contribution is -0.116. The second-order valence-electron chi connectivity index (χ2n) is 3.43. The van der Waals surface area contributed by atoms with Crippen LogP contribution in [-0.4, -0.2) is 18.4 Å². The van der Waals surface area contributed by atoms with E-state index >= 15 is 0 Å². The Labute approximate surface area is 113 Å². The van der Waals surface area contributed by atoms with Crippen molar-refractivity contribution in [2.75, 3.05) is 6.61 Å². The van der Waals surface area contributed by atoms with Crippen molar-refractivity contribution in [2.24, 2.45) is 0 Å². The van der Waals surface area contributed by atoms with Crippen molar-refractivity contribution in [3.8, 4) is 0 Å². The summed E-state index contributed by atoms with van der Waals surface area (Å²) in [5.74, 6) is -0.553. The number of alkyl halides is 1. The van der Waals surface area contributed by atoms with Crippen molar-refractivity contribution >= 4 is 39.3 Å². The third-order valence-electron chi connectivity index (χ3n) is 2.14. The third-order valence-corrected chi connectivity index (χ3v) is 3.51. The molecule has 0 saturated heterocycles. The first-order valence-electron chi connectivity index (χ1n) is 5.08. The van der Waals surface area contributed by atoms with Crippen molar-refractivity contribution in [1.29, 1.82) is 0 Å². The van der Waals surface area contributed by atoms with Crippen LogP contribution in [0.5, 0.6) is 0 Å². The maximum atomic E-state index is 11.7. The van der Waals surface area contributed by atoms with Gasteiger partial charge in [-0.3, -0.25) is 4.79 Å². The number of esters is 1. The molecule has 0 aliphatic heterocycles. The number of benzene rings is 1. The minimum absolute atomic E-state index is 0.0992. The molecule has 1 aromatic rings. The van der Waals surface area contributed by atoms with Gasteiger partial charge in [-0.2, -0.15) is 0 Å². The molecule has 17 heavy (non-hydrogen) atoms. The lowest BCUT2D eigenvalue weighted by atomic mass is 10.0. The largest absolute Gasteiger partial charge is 0.462 e. The molecule has 92 valence electrons. The van der Waals surface area contributed by atoms with Crippen LogP contribution in [0.4, 0.5) is 0 Å². The molecule has 3 nitrogen and oxygen atoms in total. The number of carbonyl (C=O) groups is 2. The van der Waals surface area contributed by atoms with Crippen molar-refractivity contribution in [3.63, 3.8) is 0 Å². The molecule has 0 radical (unpaired) electrons. The van der Waals surface area contributed by atoms with Crippen LogP contribution in [0.2, 0.25) is 5.02 Å². The van der Waals surface area contributed by atoms with E-state index < -0.39 is 10.8 Å². The summed E-state index contributed by atoms with van der Waals surface area (Å²) in [5, 5.41) is 0.471. The van der Waals surface area contributed by atoms with Gasteiger partial charge in [0, 0.05) is 5.02 Å². The summed E-state index contributed by atoms with van der Waals surface area (Å²) in [7, 11) is 0. The van der Waals surface area contributed by atoms with Crippen molar-refractivity contribution < 1.29 is 14.3 Å². The third kappa shape index (κ3) is 3.54. The minimum atomic E-state index is -0.555. The van der Waals surface area contributed by atoms with Gasteiger partial charge in [-0.1, -0.05) is 27.5 Å². The Bertz CT molecular complexity index is 445. The number of carbonyl (C=O) groups excluding carboxylic acids is 2. The molecular weight excluding hydrogens is 307 g/mol. The Balaban J connectivity index is 3.21. The standard InChI is InChI=1S/C12H12BrClO3/c1-3-17-12(16)9-5-4-8(14)6-10(9)11(13)7(2)15/h4-6,11H,3H2,1-2H3. The van der Waals surface area contributed by atoms with Crippen LogP contribution >= 0.6 is 27.5 Å². The fourth-order valence-corrected chi connectivity index (χ4v) is 1.92. The van der Waals surface area contributed by atoms with Crippen LogP contribution < -0.4 is 0 Å². The van der Waals surface area contributed by atoms with Crippen molar-refractivity contribution in [2.45, 2.75) is 18.7 Å². The molecule has 1 unspecified atom stereocenters. The van der Waals surface area contributed by atoms with Crippen molar-refractivity contribution in [3.05, 3.63) is 34.3 Å². The van der Waals surface area contributed by atoms with E-state index in [2.05, 4.69) is 15.9 Å². The zero-order valence-electron chi connectivity index (χ0n) is 9.50. The summed E-state index contributed by atoms with van der Waals surface area (Å²) in [6.45, 7) is 3.45. The topological polar surface area (TPSA) is 43.4 Å². The quantitative estimate of drug-likeness (QED) is 0.630. The fourth-order valence-electron chi connectivity index (χ4n) is 1.36. The zero-order valence-corrected chi connectivity index (χ0v) is 11.8. The van der Waals surface area contributed by atoms with Crippen LogP contribution in [0.15, 0.2) is 18.2 Å². The van der Waals surface area contributed by atoms with Gasteiger partial charge in [-0.25, -0.2) is 4.79 Å². The number of ketones is 1. The first kappa shape index (κ1) is 14.2. The van der Waals surface area contributed by atoms with Crippen LogP contribution in [0.1, 0.15) is 34.6 Å². The summed E-state index contributed by atoms with van der Waals surface area (Å²) >= 11 is 9.10. The van der Waals surface area contributed by atoms with Crippen LogP contribution in [0, 0.1) is 0 Å². The summed E-state index contributed by atoms with van der Waals surface area (Å²) < 4.78 is 4.92. The molecule has 0 aliphatic carbocycles. The SMILES string of the molecule is CCOC(=O)c1ccc(Cl)cc1C(Br)C(C)=O. The predicted molar refractivity (Wildman–Crippen MR) is 69.8 cm³/mol. The summed E-state index contributed by atoms with van der Waals surface area (Å²) in [6.07, 6.45) is 0. The Kier molecular flexibility index (Phi) is 5.15. The lowest BCUT2D eigenvalue weighted by Crippen LogP contribution is -2.12. The van der Waals surface area contributed by atoms with E-state index in [0.717, 1.165) is 0 Å². The summed E-state index contributed by atoms with van der Waals surface area (Å²) in [6, 6.07) is 4.75. The molecule has 0 fully saturated rings. The normalized spacial score (nSPS) is 12.0. The highest BCUT2D eigenvalue weighted by atomic mass is 79.9. The van der Waals surface area contributed by atoms with Gasteiger partial charge >= 0.3 is 5.97 Å². The molecule has 0 heterocycles. The van der Waals surface area contributed by atoms with E-state index in [9.17, 15) is 9.59 Å². The minimum Gasteiger partial charge on any atom is -0.462 e. The van der Waals surface area contributed by atoms with Crippen LogP contribution in [0.3, 0.4) is 0 Å². The monoisotopic (exact) mass is 318 g/mol. The number of Topliss-reactive ketones (excluding diaryl/α,β-unsaturated/α-hetero) is 1. The van der Waals surface area contributed by atoms with Gasteiger partial charge in [0.05, 0.1) is 17.0 Å². The second-order valence-corrected chi connectivity index (χ2v) is 4.78. The summed E-state index contributed by atoms with van der Waals surface area (Å²) in [5.41, 5.74) is 0.886. The molecular formula is C12H12BrClO3. The summed E-state index contributed by atoms with van der Waals surface area (Å²) in [4.78, 5) is 22.5. The zero-order chi connectivity index (χ0) is 13.0. The lowest BCUT2D eigenvalue weighted by Gasteiger charge is -2.12. The Morgan fingerprint density at radius 3 is 2.65 bits per heavy atom. The Morgan fingerprint density at radius 1 is 1.47 bits per heavy atom. The van der Waals surface area contributed by atoms with E-state index in [1.807, 2.05) is 0 Å². The molecule has 0 spiro atoms. The van der Waals surface area contributed by atoms with Gasteiger partial charge in [0.1, 0.15) is 5.78 Å². The molecule has 0 N–H and O–H groups in total. The van der Waals surface area contributed by atoms with E-state index in [4.69, 9.17) is 16.3 Å². The second kappa shape index (κ2) is 6.17. The average molecular weight is 320 g/mol. The van der Waals surface area contributed by atoms with E-state index in [1.165, 1.54) is 6.92 Å². The van der Waals surface area contributed by atoms with Gasteiger partial charge in [0.25, 0.3) is 0 Å². The van der Waals surface area contributed by atoms with Gasteiger partial charge < -0.3 is 4.74 Å². The molecule has 0 aliphatic rings. The van der Waals surface area contributed by atoms with Gasteiger partial charge in [-0.05, 0) is 37.6 Å². The van der Waals surface area contributed by atoms with E-state index in [1.54, 1.807) is 25.1 Å². The van der Waals surface area contributed by atoms with Gasteiger partial charge in [0.2, 0.25) is 0 Å². The van der Waals surface area contributed by atoms with E-state index in [0.29, 0.717) is 16.1 Å². The molecule has 0 amide bonds. The molecule has 0 saturated carbocycles. The average Bonchev–Trinajstić information content (AvgIpc) is 2.28.